The Morgan fingerprint density at radius 1 is 1.19 bits per heavy atom. The molecule has 1 aliphatic rings. The molecule has 0 saturated carbocycles. The normalized spacial score (nSPS) is 18.0. The number of rotatable bonds is 5. The third-order valence-electron chi connectivity index (χ3n) is 5.30. The Labute approximate surface area is 158 Å². The highest BCUT2D eigenvalue weighted by Crippen LogP contribution is 2.26. The Morgan fingerprint density at radius 3 is 2.74 bits per heavy atom. The summed E-state index contributed by atoms with van der Waals surface area (Å²) in [7, 11) is 0. The number of fused-ring (bicyclic) bond motifs is 1. The monoisotopic (exact) mass is 361 g/mol. The summed E-state index contributed by atoms with van der Waals surface area (Å²) in [6, 6.07) is 17.4. The number of likely N-dealkylation sites (tertiary alicyclic amines) is 1. The van der Waals surface area contributed by atoms with Crippen LogP contribution in [0.15, 0.2) is 60.8 Å². The van der Waals surface area contributed by atoms with Gasteiger partial charge in [-0.25, -0.2) is 0 Å². The van der Waals surface area contributed by atoms with Crippen molar-refractivity contribution in [1.29, 1.82) is 0 Å². The first kappa shape index (κ1) is 17.3. The number of carbonyl (C=O) groups is 2. The average Bonchev–Trinajstić information content (AvgIpc) is 3.27. The molecule has 0 spiro atoms. The van der Waals surface area contributed by atoms with Crippen LogP contribution in [0.3, 0.4) is 0 Å². The molecule has 2 N–H and O–H groups in total. The minimum atomic E-state index is -0.419. The van der Waals surface area contributed by atoms with Crippen molar-refractivity contribution in [3.05, 3.63) is 71.9 Å². The Morgan fingerprint density at radius 2 is 1.93 bits per heavy atom. The van der Waals surface area contributed by atoms with Crippen LogP contribution in [0.5, 0.6) is 0 Å². The van der Waals surface area contributed by atoms with Crippen molar-refractivity contribution in [2.24, 2.45) is 0 Å². The van der Waals surface area contributed by atoms with Crippen LogP contribution in [0.25, 0.3) is 10.9 Å². The van der Waals surface area contributed by atoms with E-state index in [1.54, 1.807) is 4.90 Å². The molecule has 2 atom stereocenters. The summed E-state index contributed by atoms with van der Waals surface area (Å²) in [4.78, 5) is 30.3. The predicted octanol–water partition coefficient (Wildman–Crippen LogP) is 3.54. The summed E-state index contributed by atoms with van der Waals surface area (Å²) in [6.07, 6.45) is 2.91. The lowest BCUT2D eigenvalue weighted by atomic mass is 10.1. The molecule has 5 heteroatoms. The maximum Gasteiger partial charge on any atom is 0.243 e. The van der Waals surface area contributed by atoms with Crippen molar-refractivity contribution < 1.29 is 9.59 Å². The van der Waals surface area contributed by atoms with E-state index in [4.69, 9.17) is 0 Å². The van der Waals surface area contributed by atoms with Gasteiger partial charge in [0.1, 0.15) is 6.04 Å². The number of aromatic amines is 1. The molecule has 0 radical (unpaired) electrons. The van der Waals surface area contributed by atoms with Crippen LogP contribution in [0.1, 0.15) is 36.9 Å². The van der Waals surface area contributed by atoms with Crippen molar-refractivity contribution >= 4 is 22.7 Å². The molecule has 1 aromatic heterocycles. The number of carbonyl (C=O) groups excluding carboxylic acids is 2. The van der Waals surface area contributed by atoms with Gasteiger partial charge in [0, 0.05) is 30.1 Å². The molecule has 2 aromatic carbocycles. The zero-order valence-electron chi connectivity index (χ0n) is 15.3. The molecule has 3 aromatic rings. The Kier molecular flexibility index (Phi) is 4.67. The van der Waals surface area contributed by atoms with Gasteiger partial charge in [0.15, 0.2) is 0 Å². The fraction of sp³-hybridized carbons (Fsp3) is 0.273. The van der Waals surface area contributed by atoms with Gasteiger partial charge in [-0.05, 0) is 30.5 Å². The van der Waals surface area contributed by atoms with E-state index in [-0.39, 0.29) is 17.9 Å². The number of nitrogens with zero attached hydrogens (tertiary/aromatic N) is 1. The standard InChI is InChI=1S/C22H23N3O2/c1-15(16-7-3-2-4-8-16)24-22(27)20-11-12-21(26)25(20)14-17-13-23-19-10-6-5-9-18(17)19/h2-10,13,15,20,23H,11-12,14H2,1H3,(H,24,27). The van der Waals surface area contributed by atoms with Crippen LogP contribution >= 0.6 is 0 Å². The molecule has 2 heterocycles. The number of nitrogens with one attached hydrogen (secondary N) is 2. The van der Waals surface area contributed by atoms with Gasteiger partial charge in [-0.2, -0.15) is 0 Å². The molecule has 1 aliphatic heterocycles. The molecular weight excluding hydrogens is 338 g/mol. The van der Waals surface area contributed by atoms with Gasteiger partial charge in [0.2, 0.25) is 11.8 Å². The number of H-pyrrole nitrogens is 1. The molecule has 138 valence electrons. The largest absolute Gasteiger partial charge is 0.361 e. The SMILES string of the molecule is CC(NC(=O)C1CCC(=O)N1Cc1c[nH]c2ccccc12)c1ccccc1. The smallest absolute Gasteiger partial charge is 0.243 e. The summed E-state index contributed by atoms with van der Waals surface area (Å²) in [5.74, 6) is -0.0511. The number of hydrogen-bond donors (Lipinski definition) is 2. The summed E-state index contributed by atoms with van der Waals surface area (Å²) in [5, 5.41) is 4.16. The third kappa shape index (κ3) is 3.45. The number of amides is 2. The minimum Gasteiger partial charge on any atom is -0.361 e. The van der Waals surface area contributed by atoms with Gasteiger partial charge < -0.3 is 15.2 Å². The fourth-order valence-corrected chi connectivity index (χ4v) is 3.79. The van der Waals surface area contributed by atoms with E-state index >= 15 is 0 Å². The first-order valence-corrected chi connectivity index (χ1v) is 9.33. The zero-order chi connectivity index (χ0) is 18.8. The molecule has 4 rings (SSSR count). The van der Waals surface area contributed by atoms with Gasteiger partial charge in [0.25, 0.3) is 0 Å². The lowest BCUT2D eigenvalue weighted by molar-refractivity contribution is -0.136. The number of aromatic nitrogens is 1. The van der Waals surface area contributed by atoms with Crippen molar-refractivity contribution in [3.8, 4) is 0 Å². The van der Waals surface area contributed by atoms with Crippen LogP contribution in [-0.4, -0.2) is 27.7 Å². The highest BCUT2D eigenvalue weighted by molar-refractivity contribution is 5.91. The first-order valence-electron chi connectivity index (χ1n) is 9.33. The van der Waals surface area contributed by atoms with Gasteiger partial charge in [0.05, 0.1) is 6.04 Å². The van der Waals surface area contributed by atoms with E-state index in [9.17, 15) is 9.59 Å². The summed E-state index contributed by atoms with van der Waals surface area (Å²) >= 11 is 0. The number of benzene rings is 2. The second kappa shape index (κ2) is 7.27. The number of para-hydroxylation sites is 1. The first-order chi connectivity index (χ1) is 13.1. The molecule has 5 nitrogen and oxygen atoms in total. The molecule has 0 aliphatic carbocycles. The molecule has 0 bridgehead atoms. The second-order valence-corrected chi connectivity index (χ2v) is 7.08. The molecular formula is C22H23N3O2. The molecule has 1 saturated heterocycles. The maximum atomic E-state index is 12.9. The average molecular weight is 361 g/mol. The highest BCUT2D eigenvalue weighted by atomic mass is 16.2. The van der Waals surface area contributed by atoms with Crippen molar-refractivity contribution in [2.45, 2.75) is 38.4 Å². The van der Waals surface area contributed by atoms with Crippen LogP contribution < -0.4 is 5.32 Å². The van der Waals surface area contributed by atoms with Gasteiger partial charge in [-0.3, -0.25) is 9.59 Å². The third-order valence-corrected chi connectivity index (χ3v) is 5.30. The second-order valence-electron chi connectivity index (χ2n) is 7.08. The van der Waals surface area contributed by atoms with E-state index in [0.29, 0.717) is 19.4 Å². The van der Waals surface area contributed by atoms with Crippen LogP contribution in [-0.2, 0) is 16.1 Å². The van der Waals surface area contributed by atoms with E-state index in [1.807, 2.05) is 67.7 Å². The van der Waals surface area contributed by atoms with Gasteiger partial charge in [-0.1, -0.05) is 48.5 Å². The zero-order valence-corrected chi connectivity index (χ0v) is 15.3. The fourth-order valence-electron chi connectivity index (χ4n) is 3.79. The van der Waals surface area contributed by atoms with E-state index < -0.39 is 6.04 Å². The minimum absolute atomic E-state index is 0.0350. The van der Waals surface area contributed by atoms with E-state index in [1.165, 1.54) is 0 Å². The van der Waals surface area contributed by atoms with Crippen LogP contribution in [0.4, 0.5) is 0 Å². The van der Waals surface area contributed by atoms with Crippen LogP contribution in [0, 0.1) is 0 Å². The van der Waals surface area contributed by atoms with Crippen LogP contribution in [0.2, 0.25) is 0 Å². The van der Waals surface area contributed by atoms with Gasteiger partial charge >= 0.3 is 0 Å². The van der Waals surface area contributed by atoms with Gasteiger partial charge in [-0.15, -0.1) is 0 Å². The maximum absolute atomic E-state index is 12.9. The summed E-state index contributed by atoms with van der Waals surface area (Å²) in [6.45, 7) is 2.41. The molecule has 2 unspecified atom stereocenters. The summed E-state index contributed by atoms with van der Waals surface area (Å²) in [5.41, 5.74) is 3.13. The van der Waals surface area contributed by atoms with Crippen molar-refractivity contribution in [2.75, 3.05) is 0 Å². The molecule has 1 fully saturated rings. The Bertz CT molecular complexity index is 964. The predicted molar refractivity (Wildman–Crippen MR) is 105 cm³/mol. The Hall–Kier alpha value is -3.08. The lowest BCUT2D eigenvalue weighted by Gasteiger charge is -2.25. The lowest BCUT2D eigenvalue weighted by Crippen LogP contribution is -2.45. The molecule has 27 heavy (non-hydrogen) atoms. The van der Waals surface area contributed by atoms with E-state index in [2.05, 4.69) is 10.3 Å². The van der Waals surface area contributed by atoms with E-state index in [0.717, 1.165) is 22.0 Å². The topological polar surface area (TPSA) is 65.2 Å². The van der Waals surface area contributed by atoms with Crippen molar-refractivity contribution in [3.63, 3.8) is 0 Å². The molecule has 2 amide bonds. The Balaban J connectivity index is 1.50. The highest BCUT2D eigenvalue weighted by Gasteiger charge is 2.36. The van der Waals surface area contributed by atoms with Crippen molar-refractivity contribution in [1.82, 2.24) is 15.2 Å². The summed E-state index contributed by atoms with van der Waals surface area (Å²) < 4.78 is 0. The number of hydrogen-bond acceptors (Lipinski definition) is 2. The quantitative estimate of drug-likeness (QED) is 0.730.